The lowest BCUT2D eigenvalue weighted by atomic mass is 9.95. The number of aromatic nitrogens is 5. The van der Waals surface area contributed by atoms with Crippen molar-refractivity contribution in [2.75, 3.05) is 5.32 Å². The lowest BCUT2D eigenvalue weighted by molar-refractivity contribution is -0.117. The van der Waals surface area contributed by atoms with E-state index in [4.69, 9.17) is 5.10 Å². The van der Waals surface area contributed by atoms with Gasteiger partial charge in [-0.1, -0.05) is 55.5 Å². The number of nitrogens with zero attached hydrogens (tertiary/aromatic N) is 5. The summed E-state index contributed by atoms with van der Waals surface area (Å²) in [6, 6.07) is 26.9. The molecule has 5 rings (SSSR count). The molecule has 7 heteroatoms. The Morgan fingerprint density at radius 2 is 1.67 bits per heavy atom. The first-order valence-corrected chi connectivity index (χ1v) is 10.8. The molecule has 1 atom stereocenters. The number of hydrogen-bond acceptors (Lipinski definition) is 5. The molecule has 0 saturated carbocycles. The van der Waals surface area contributed by atoms with Crippen molar-refractivity contribution in [2.24, 2.45) is 0 Å². The molecule has 0 aliphatic rings. The van der Waals surface area contributed by atoms with Crippen molar-refractivity contribution in [2.45, 2.75) is 19.3 Å². The smallest absolute Gasteiger partial charge is 0.231 e. The predicted molar refractivity (Wildman–Crippen MR) is 128 cm³/mol. The van der Waals surface area contributed by atoms with E-state index in [2.05, 4.69) is 20.5 Å². The standard InChI is InChI=1S/C26H22N6O/c1-2-21(18-8-4-3-5-9-18)26(33)28-20-13-11-19(12-14-20)22-15-16-24-29-30-25(32(24)31-22)23-10-6-7-17-27-23/h3-17,21H,2H2,1H3,(H,28,33). The summed E-state index contributed by atoms with van der Waals surface area (Å²) in [5.41, 5.74) is 4.81. The molecule has 162 valence electrons. The minimum atomic E-state index is -0.186. The molecule has 3 aromatic heterocycles. The van der Waals surface area contributed by atoms with Crippen molar-refractivity contribution in [1.29, 1.82) is 0 Å². The molecule has 1 N–H and O–H groups in total. The average Bonchev–Trinajstić information content (AvgIpc) is 3.29. The highest BCUT2D eigenvalue weighted by Gasteiger charge is 2.18. The summed E-state index contributed by atoms with van der Waals surface area (Å²) in [6.45, 7) is 2.02. The number of amides is 1. The van der Waals surface area contributed by atoms with Gasteiger partial charge < -0.3 is 5.32 Å². The highest BCUT2D eigenvalue weighted by atomic mass is 16.1. The number of rotatable bonds is 6. The first-order chi connectivity index (χ1) is 16.2. The van der Waals surface area contributed by atoms with Crippen LogP contribution in [-0.2, 0) is 4.79 Å². The second-order valence-electron chi connectivity index (χ2n) is 7.67. The fourth-order valence-corrected chi connectivity index (χ4v) is 3.81. The number of nitrogens with one attached hydrogen (secondary N) is 1. The number of hydrogen-bond donors (Lipinski definition) is 1. The van der Waals surface area contributed by atoms with Gasteiger partial charge in [-0.25, -0.2) is 0 Å². The van der Waals surface area contributed by atoms with Crippen molar-refractivity contribution in [1.82, 2.24) is 24.8 Å². The fraction of sp³-hybridized carbons (Fsp3) is 0.115. The first kappa shape index (κ1) is 20.5. The lowest BCUT2D eigenvalue weighted by Crippen LogP contribution is -2.20. The van der Waals surface area contributed by atoms with Crippen LogP contribution in [0.3, 0.4) is 0 Å². The van der Waals surface area contributed by atoms with Crippen LogP contribution in [0.5, 0.6) is 0 Å². The highest BCUT2D eigenvalue weighted by molar-refractivity contribution is 5.96. The Kier molecular flexibility index (Phi) is 5.59. The van der Waals surface area contributed by atoms with Crippen LogP contribution in [0.15, 0.2) is 91.1 Å². The first-order valence-electron chi connectivity index (χ1n) is 10.8. The number of carbonyl (C=O) groups is 1. The van der Waals surface area contributed by atoms with Gasteiger partial charge in [-0.15, -0.1) is 10.2 Å². The quantitative estimate of drug-likeness (QED) is 0.407. The molecule has 7 nitrogen and oxygen atoms in total. The zero-order chi connectivity index (χ0) is 22.6. The topological polar surface area (TPSA) is 85.1 Å². The van der Waals surface area contributed by atoms with Crippen LogP contribution in [-0.4, -0.2) is 30.7 Å². The molecule has 0 spiro atoms. The van der Waals surface area contributed by atoms with Gasteiger partial charge in [-0.2, -0.15) is 9.61 Å². The third-order valence-corrected chi connectivity index (χ3v) is 5.53. The maximum atomic E-state index is 12.8. The van der Waals surface area contributed by atoms with Gasteiger partial charge in [-0.3, -0.25) is 9.78 Å². The van der Waals surface area contributed by atoms with Gasteiger partial charge >= 0.3 is 0 Å². The van der Waals surface area contributed by atoms with Crippen LogP contribution in [0, 0.1) is 0 Å². The SMILES string of the molecule is CCC(C(=O)Nc1ccc(-c2ccc3nnc(-c4ccccn4)n3n2)cc1)c1ccccc1. The molecule has 33 heavy (non-hydrogen) atoms. The molecular weight excluding hydrogens is 412 g/mol. The maximum absolute atomic E-state index is 12.8. The molecule has 3 heterocycles. The van der Waals surface area contributed by atoms with E-state index in [9.17, 15) is 4.79 Å². The van der Waals surface area contributed by atoms with E-state index >= 15 is 0 Å². The fourth-order valence-electron chi connectivity index (χ4n) is 3.81. The van der Waals surface area contributed by atoms with Gasteiger partial charge in [0.1, 0.15) is 5.69 Å². The number of benzene rings is 2. The minimum Gasteiger partial charge on any atom is -0.326 e. The van der Waals surface area contributed by atoms with E-state index in [1.165, 1.54) is 0 Å². The number of carbonyl (C=O) groups excluding carboxylic acids is 1. The summed E-state index contributed by atoms with van der Waals surface area (Å²) in [6.07, 6.45) is 2.45. The molecule has 0 radical (unpaired) electrons. The molecule has 2 aromatic carbocycles. The van der Waals surface area contributed by atoms with Crippen LogP contribution in [0.25, 0.3) is 28.4 Å². The van der Waals surface area contributed by atoms with Gasteiger partial charge in [0.25, 0.3) is 0 Å². The summed E-state index contributed by atoms with van der Waals surface area (Å²) in [5, 5.41) is 16.2. The maximum Gasteiger partial charge on any atom is 0.231 e. The van der Waals surface area contributed by atoms with E-state index in [1.807, 2.05) is 91.9 Å². The summed E-state index contributed by atoms with van der Waals surface area (Å²) < 4.78 is 1.69. The van der Waals surface area contributed by atoms with Crippen molar-refractivity contribution < 1.29 is 4.79 Å². The van der Waals surface area contributed by atoms with Crippen LogP contribution >= 0.6 is 0 Å². The Morgan fingerprint density at radius 1 is 0.879 bits per heavy atom. The van der Waals surface area contributed by atoms with Crippen molar-refractivity contribution in [3.63, 3.8) is 0 Å². The van der Waals surface area contributed by atoms with E-state index in [0.29, 0.717) is 17.2 Å². The highest BCUT2D eigenvalue weighted by Crippen LogP contribution is 2.24. The third-order valence-electron chi connectivity index (χ3n) is 5.53. The molecular formula is C26H22N6O. The molecule has 0 aliphatic carbocycles. The monoisotopic (exact) mass is 434 g/mol. The average molecular weight is 435 g/mol. The summed E-state index contributed by atoms with van der Waals surface area (Å²) in [4.78, 5) is 17.2. The Hall–Kier alpha value is -4.39. The van der Waals surface area contributed by atoms with E-state index in [-0.39, 0.29) is 11.8 Å². The van der Waals surface area contributed by atoms with Gasteiger partial charge in [-0.05, 0) is 48.4 Å². The molecule has 5 aromatic rings. The van der Waals surface area contributed by atoms with Crippen LogP contribution in [0.4, 0.5) is 5.69 Å². The molecule has 0 aliphatic heterocycles. The van der Waals surface area contributed by atoms with Crippen LogP contribution < -0.4 is 5.32 Å². The number of pyridine rings is 1. The molecule has 1 unspecified atom stereocenters. The second-order valence-corrected chi connectivity index (χ2v) is 7.67. The number of fused-ring (bicyclic) bond motifs is 1. The lowest BCUT2D eigenvalue weighted by Gasteiger charge is -2.15. The zero-order valence-corrected chi connectivity index (χ0v) is 18.1. The van der Waals surface area contributed by atoms with Crippen molar-refractivity contribution >= 4 is 17.2 Å². The Labute approximate surface area is 191 Å². The van der Waals surface area contributed by atoms with Crippen LogP contribution in [0.1, 0.15) is 24.8 Å². The Bertz CT molecular complexity index is 1380. The summed E-state index contributed by atoms with van der Waals surface area (Å²) >= 11 is 0. The Morgan fingerprint density at radius 3 is 2.39 bits per heavy atom. The summed E-state index contributed by atoms with van der Waals surface area (Å²) in [5.74, 6) is 0.386. The third kappa shape index (κ3) is 4.21. The van der Waals surface area contributed by atoms with E-state index in [1.54, 1.807) is 10.7 Å². The molecule has 0 saturated heterocycles. The zero-order valence-electron chi connectivity index (χ0n) is 18.1. The normalized spacial score (nSPS) is 11.9. The summed E-state index contributed by atoms with van der Waals surface area (Å²) in [7, 11) is 0. The van der Waals surface area contributed by atoms with E-state index < -0.39 is 0 Å². The van der Waals surface area contributed by atoms with Gasteiger partial charge in [0, 0.05) is 17.4 Å². The van der Waals surface area contributed by atoms with Gasteiger partial charge in [0.15, 0.2) is 5.65 Å². The largest absolute Gasteiger partial charge is 0.326 e. The predicted octanol–water partition coefficient (Wildman–Crippen LogP) is 4.99. The Balaban J connectivity index is 1.38. The molecule has 0 bridgehead atoms. The van der Waals surface area contributed by atoms with Gasteiger partial charge in [0.2, 0.25) is 11.7 Å². The molecule has 1 amide bonds. The van der Waals surface area contributed by atoms with Gasteiger partial charge in [0.05, 0.1) is 11.6 Å². The minimum absolute atomic E-state index is 0.0134. The van der Waals surface area contributed by atoms with E-state index in [0.717, 1.165) is 28.9 Å². The van der Waals surface area contributed by atoms with Crippen molar-refractivity contribution in [3.8, 4) is 22.8 Å². The molecule has 0 fully saturated rings. The number of anilines is 1. The van der Waals surface area contributed by atoms with Crippen molar-refractivity contribution in [3.05, 3.63) is 96.7 Å². The van der Waals surface area contributed by atoms with Crippen LogP contribution in [0.2, 0.25) is 0 Å². The second kappa shape index (κ2) is 9.00.